The molecule has 0 radical (unpaired) electrons. The second-order valence-electron chi connectivity index (χ2n) is 3.98. The smallest absolute Gasteiger partial charge is 0.383 e. The van der Waals surface area contributed by atoms with Gasteiger partial charge < -0.3 is 14.8 Å². The highest BCUT2D eigenvalue weighted by Crippen LogP contribution is 2.15. The van der Waals surface area contributed by atoms with Gasteiger partial charge in [0.2, 0.25) is 0 Å². The van der Waals surface area contributed by atoms with Crippen molar-refractivity contribution in [3.05, 3.63) is 0 Å². The first-order valence-electron chi connectivity index (χ1n) is 5.83. The summed E-state index contributed by atoms with van der Waals surface area (Å²) in [5.74, 6) is 0.124. The third kappa shape index (κ3) is 11.9. The number of halogens is 3. The molecule has 0 aliphatic rings. The van der Waals surface area contributed by atoms with Crippen LogP contribution in [0.1, 0.15) is 19.8 Å². The van der Waals surface area contributed by atoms with Gasteiger partial charge in [-0.15, -0.1) is 0 Å². The number of rotatable bonds is 10. The second kappa shape index (κ2) is 9.67. The Bertz CT molecular complexity index is 177. The van der Waals surface area contributed by atoms with Crippen LogP contribution in [0.2, 0.25) is 0 Å². The zero-order chi connectivity index (χ0) is 13.1. The Morgan fingerprint density at radius 1 is 1.29 bits per heavy atom. The molecule has 6 heteroatoms. The molecule has 0 spiro atoms. The second-order valence-corrected chi connectivity index (χ2v) is 3.98. The highest BCUT2D eigenvalue weighted by Gasteiger charge is 2.27. The first-order chi connectivity index (χ1) is 7.99. The minimum Gasteiger partial charge on any atom is -0.383 e. The van der Waals surface area contributed by atoms with Crippen LogP contribution in [-0.4, -0.2) is 46.2 Å². The van der Waals surface area contributed by atoms with Gasteiger partial charge in [-0.25, -0.2) is 0 Å². The summed E-state index contributed by atoms with van der Waals surface area (Å²) >= 11 is 0. The topological polar surface area (TPSA) is 30.5 Å². The molecule has 0 aliphatic heterocycles. The van der Waals surface area contributed by atoms with Gasteiger partial charge in [0.25, 0.3) is 0 Å². The summed E-state index contributed by atoms with van der Waals surface area (Å²) in [5, 5.41) is 3.13. The van der Waals surface area contributed by atoms with Crippen molar-refractivity contribution in [1.82, 2.24) is 5.32 Å². The molecule has 0 saturated heterocycles. The van der Waals surface area contributed by atoms with E-state index in [1.807, 2.05) is 6.92 Å². The molecule has 104 valence electrons. The van der Waals surface area contributed by atoms with Gasteiger partial charge in [-0.3, -0.25) is 0 Å². The van der Waals surface area contributed by atoms with Gasteiger partial charge >= 0.3 is 6.18 Å². The highest BCUT2D eigenvalue weighted by atomic mass is 19.4. The molecule has 1 unspecified atom stereocenters. The van der Waals surface area contributed by atoms with Gasteiger partial charge in [-0.2, -0.15) is 13.2 Å². The minimum absolute atomic E-state index is 0.124. The number of nitrogens with one attached hydrogen (secondary N) is 1. The molecule has 0 aromatic carbocycles. The van der Waals surface area contributed by atoms with E-state index >= 15 is 0 Å². The molecule has 0 aliphatic carbocycles. The first kappa shape index (κ1) is 16.7. The van der Waals surface area contributed by atoms with Crippen molar-refractivity contribution in [2.24, 2.45) is 5.92 Å². The van der Waals surface area contributed by atoms with E-state index in [0.29, 0.717) is 19.7 Å². The number of hydrogen-bond donors (Lipinski definition) is 1. The summed E-state index contributed by atoms with van der Waals surface area (Å²) in [6.07, 6.45) is -2.44. The van der Waals surface area contributed by atoms with Crippen LogP contribution in [0.25, 0.3) is 0 Å². The monoisotopic (exact) mass is 257 g/mol. The van der Waals surface area contributed by atoms with Crippen molar-refractivity contribution < 1.29 is 22.6 Å². The maximum Gasteiger partial charge on any atom is 0.411 e. The van der Waals surface area contributed by atoms with E-state index in [1.165, 1.54) is 0 Å². The molecular weight excluding hydrogens is 235 g/mol. The zero-order valence-electron chi connectivity index (χ0n) is 10.5. The molecule has 17 heavy (non-hydrogen) atoms. The Labute approximate surface area is 101 Å². The van der Waals surface area contributed by atoms with E-state index < -0.39 is 12.8 Å². The number of methoxy groups -OCH3 is 1. The lowest BCUT2D eigenvalue weighted by Crippen LogP contribution is -2.30. The van der Waals surface area contributed by atoms with Crippen LogP contribution < -0.4 is 5.32 Å². The Morgan fingerprint density at radius 3 is 2.53 bits per heavy atom. The molecule has 1 atom stereocenters. The summed E-state index contributed by atoms with van der Waals surface area (Å²) in [6, 6.07) is 0. The van der Waals surface area contributed by atoms with Crippen molar-refractivity contribution in [3.8, 4) is 0 Å². The first-order valence-corrected chi connectivity index (χ1v) is 5.83. The van der Waals surface area contributed by atoms with Crippen LogP contribution >= 0.6 is 0 Å². The predicted molar refractivity (Wildman–Crippen MR) is 60.0 cm³/mol. The molecular formula is C11H22F3NO2. The SMILES string of the molecule is CCCC(CNCCOC)COCC(F)(F)F. The van der Waals surface area contributed by atoms with Gasteiger partial charge in [0.05, 0.1) is 13.2 Å². The van der Waals surface area contributed by atoms with E-state index in [4.69, 9.17) is 4.74 Å². The van der Waals surface area contributed by atoms with Crippen molar-refractivity contribution in [2.75, 3.05) is 40.0 Å². The molecule has 0 aromatic heterocycles. The third-order valence-corrected chi connectivity index (χ3v) is 2.23. The number of hydrogen-bond acceptors (Lipinski definition) is 3. The maximum atomic E-state index is 11.9. The Morgan fingerprint density at radius 2 is 2.00 bits per heavy atom. The van der Waals surface area contributed by atoms with Crippen LogP contribution in [0.4, 0.5) is 13.2 Å². The summed E-state index contributed by atoms with van der Waals surface area (Å²) in [4.78, 5) is 0. The van der Waals surface area contributed by atoms with Crippen LogP contribution in [-0.2, 0) is 9.47 Å². The average Bonchev–Trinajstić information content (AvgIpc) is 2.22. The molecule has 0 amide bonds. The lowest BCUT2D eigenvalue weighted by atomic mass is 10.1. The lowest BCUT2D eigenvalue weighted by molar-refractivity contribution is -0.176. The van der Waals surface area contributed by atoms with E-state index in [9.17, 15) is 13.2 Å². The van der Waals surface area contributed by atoms with Crippen LogP contribution in [0, 0.1) is 5.92 Å². The van der Waals surface area contributed by atoms with Crippen molar-refractivity contribution in [2.45, 2.75) is 25.9 Å². The maximum absolute atomic E-state index is 11.9. The molecule has 0 fully saturated rings. The van der Waals surface area contributed by atoms with E-state index in [1.54, 1.807) is 7.11 Å². The van der Waals surface area contributed by atoms with Crippen LogP contribution in [0.5, 0.6) is 0 Å². The molecule has 0 bridgehead atoms. The van der Waals surface area contributed by atoms with Gasteiger partial charge in [0.15, 0.2) is 0 Å². The Kier molecular flexibility index (Phi) is 9.49. The third-order valence-electron chi connectivity index (χ3n) is 2.23. The van der Waals surface area contributed by atoms with Gasteiger partial charge in [-0.1, -0.05) is 13.3 Å². The summed E-state index contributed by atoms with van der Waals surface area (Å²) < 4.78 is 45.2. The highest BCUT2D eigenvalue weighted by molar-refractivity contribution is 4.62. The van der Waals surface area contributed by atoms with Gasteiger partial charge in [0.1, 0.15) is 6.61 Å². The normalized spacial score (nSPS) is 13.9. The molecule has 0 aromatic rings. The fourth-order valence-corrected chi connectivity index (χ4v) is 1.47. The van der Waals surface area contributed by atoms with Crippen molar-refractivity contribution in [1.29, 1.82) is 0 Å². The Balaban J connectivity index is 3.66. The minimum atomic E-state index is -4.24. The van der Waals surface area contributed by atoms with Gasteiger partial charge in [0, 0.05) is 20.2 Å². The fraction of sp³-hybridized carbons (Fsp3) is 1.00. The van der Waals surface area contributed by atoms with E-state index in [2.05, 4.69) is 10.1 Å². The van der Waals surface area contributed by atoms with Crippen molar-refractivity contribution >= 4 is 0 Å². The Hall–Kier alpha value is -0.330. The van der Waals surface area contributed by atoms with E-state index in [0.717, 1.165) is 12.8 Å². The lowest BCUT2D eigenvalue weighted by Gasteiger charge is -2.17. The standard InChI is InChI=1S/C11H22F3NO2/c1-3-4-10(7-15-5-6-16-2)8-17-9-11(12,13)14/h10,15H,3-9H2,1-2H3. The molecule has 0 saturated carbocycles. The molecule has 0 rings (SSSR count). The predicted octanol–water partition coefficient (Wildman–Crippen LogP) is 2.22. The fourth-order valence-electron chi connectivity index (χ4n) is 1.47. The molecule has 0 heterocycles. The summed E-state index contributed by atoms with van der Waals surface area (Å²) in [6.45, 7) is 2.96. The van der Waals surface area contributed by atoms with E-state index in [-0.39, 0.29) is 12.5 Å². The summed E-state index contributed by atoms with van der Waals surface area (Å²) in [5.41, 5.74) is 0. The zero-order valence-corrected chi connectivity index (χ0v) is 10.5. The average molecular weight is 257 g/mol. The van der Waals surface area contributed by atoms with Crippen LogP contribution in [0.15, 0.2) is 0 Å². The van der Waals surface area contributed by atoms with Crippen LogP contribution in [0.3, 0.4) is 0 Å². The quantitative estimate of drug-likeness (QED) is 0.609. The summed E-state index contributed by atoms with van der Waals surface area (Å²) in [7, 11) is 1.61. The molecule has 3 nitrogen and oxygen atoms in total. The number of alkyl halides is 3. The molecule has 1 N–H and O–H groups in total. The number of ether oxygens (including phenoxy) is 2. The van der Waals surface area contributed by atoms with Gasteiger partial charge in [-0.05, 0) is 12.3 Å². The largest absolute Gasteiger partial charge is 0.411 e. The van der Waals surface area contributed by atoms with Crippen molar-refractivity contribution in [3.63, 3.8) is 0 Å².